The summed E-state index contributed by atoms with van der Waals surface area (Å²) in [5.74, 6) is -0.357. The third-order valence-corrected chi connectivity index (χ3v) is 7.65. The molecule has 0 aliphatic carbocycles. The van der Waals surface area contributed by atoms with Gasteiger partial charge in [0.05, 0.1) is 6.33 Å². The molecule has 240 valence electrons. The van der Waals surface area contributed by atoms with Crippen molar-refractivity contribution in [2.45, 2.75) is 77.6 Å². The maximum absolute atomic E-state index is 13.8. The maximum atomic E-state index is 13.8. The molecule has 11 heteroatoms. The van der Waals surface area contributed by atoms with Crippen LogP contribution in [-0.2, 0) is 19.1 Å². The summed E-state index contributed by atoms with van der Waals surface area (Å²) in [7, 11) is 0. The second-order valence-electron chi connectivity index (χ2n) is 13.1. The molecule has 0 saturated carbocycles. The number of nitrogens with zero attached hydrogens (tertiary/aromatic N) is 3. The largest absolute Gasteiger partial charge is 0.444 e. The number of anilines is 1. The number of carbonyl (C=O) groups excluding carboxylic acids is 4. The second-order valence-corrected chi connectivity index (χ2v) is 13.1. The van der Waals surface area contributed by atoms with Crippen LogP contribution < -0.4 is 16.0 Å². The summed E-state index contributed by atoms with van der Waals surface area (Å²) < 4.78 is 7.01. The molecule has 3 aromatic rings. The number of hydrogen-bond donors (Lipinski definition) is 3. The molecule has 4 amide bonds. The van der Waals surface area contributed by atoms with Gasteiger partial charge < -0.3 is 30.2 Å². The van der Waals surface area contributed by atoms with Crippen molar-refractivity contribution in [2.75, 3.05) is 18.4 Å². The van der Waals surface area contributed by atoms with Crippen LogP contribution in [-0.4, -0.2) is 62.5 Å². The molecule has 1 fully saturated rings. The van der Waals surface area contributed by atoms with Gasteiger partial charge in [-0.25, -0.2) is 9.78 Å². The fraction of sp³-hybridized carbons (Fsp3) is 0.441. The Bertz CT molecular complexity index is 1470. The smallest absolute Gasteiger partial charge is 0.408 e. The SMILES string of the molecule is CC1CCN(C(=O)C(c2ccccc2)n2cnc(NC(=O)C(NC(=O)C(C)(C)NC(=O)OC(C)(C)C)c3ccccc3)c2)CC1. The number of imidazole rings is 1. The molecule has 0 spiro atoms. The summed E-state index contributed by atoms with van der Waals surface area (Å²) in [6, 6.07) is 16.5. The van der Waals surface area contributed by atoms with Crippen LogP contribution in [0.4, 0.5) is 10.6 Å². The van der Waals surface area contributed by atoms with Gasteiger partial charge in [0.25, 0.3) is 5.91 Å². The van der Waals surface area contributed by atoms with Crippen LogP contribution in [0.2, 0.25) is 0 Å². The Kier molecular flexibility index (Phi) is 10.3. The number of benzene rings is 2. The Morgan fingerprint density at radius 3 is 2.04 bits per heavy atom. The monoisotopic (exact) mass is 616 g/mol. The molecule has 3 N–H and O–H groups in total. The zero-order valence-corrected chi connectivity index (χ0v) is 26.9. The Morgan fingerprint density at radius 2 is 1.47 bits per heavy atom. The lowest BCUT2D eigenvalue weighted by molar-refractivity contribution is -0.135. The first kappa shape index (κ1) is 33.2. The molecule has 2 unspecified atom stereocenters. The summed E-state index contributed by atoms with van der Waals surface area (Å²) in [5, 5.41) is 8.14. The van der Waals surface area contributed by atoms with Gasteiger partial charge >= 0.3 is 6.09 Å². The first-order chi connectivity index (χ1) is 21.2. The number of likely N-dealkylation sites (tertiary alicyclic amines) is 1. The molecule has 0 bridgehead atoms. The van der Waals surface area contributed by atoms with Crippen LogP contribution in [0, 0.1) is 5.92 Å². The number of ether oxygens (including phenoxy) is 1. The number of aromatic nitrogens is 2. The van der Waals surface area contributed by atoms with Gasteiger partial charge in [0.2, 0.25) is 11.8 Å². The minimum atomic E-state index is -1.40. The lowest BCUT2D eigenvalue weighted by Gasteiger charge is -2.33. The van der Waals surface area contributed by atoms with Crippen LogP contribution in [0.25, 0.3) is 0 Å². The van der Waals surface area contributed by atoms with E-state index in [1.807, 2.05) is 35.2 Å². The van der Waals surface area contributed by atoms with Crippen LogP contribution >= 0.6 is 0 Å². The third-order valence-electron chi connectivity index (χ3n) is 7.65. The number of carbonyl (C=O) groups is 4. The van der Waals surface area contributed by atoms with Gasteiger partial charge in [-0.15, -0.1) is 0 Å². The van der Waals surface area contributed by atoms with E-state index in [0.29, 0.717) is 24.6 Å². The molecule has 2 heterocycles. The molecule has 1 aliphatic rings. The van der Waals surface area contributed by atoms with Crippen LogP contribution in [0.3, 0.4) is 0 Å². The predicted octanol–water partition coefficient (Wildman–Crippen LogP) is 4.83. The van der Waals surface area contributed by atoms with Crippen molar-refractivity contribution in [1.82, 2.24) is 25.1 Å². The molecule has 1 aliphatic heterocycles. The molecule has 2 atom stereocenters. The average molecular weight is 617 g/mol. The van der Waals surface area contributed by atoms with Gasteiger partial charge in [-0.1, -0.05) is 67.6 Å². The van der Waals surface area contributed by atoms with Crippen molar-refractivity contribution in [1.29, 1.82) is 0 Å². The van der Waals surface area contributed by atoms with Crippen molar-refractivity contribution in [2.24, 2.45) is 5.92 Å². The number of hydrogen-bond acceptors (Lipinski definition) is 6. The highest BCUT2D eigenvalue weighted by atomic mass is 16.6. The standard InChI is InChI=1S/C34H44N6O5/c1-23-17-19-39(20-18-23)30(42)28(25-15-11-8-12-16-25)40-21-26(35-22-40)36-29(41)27(24-13-9-7-10-14-24)37-31(43)34(5,6)38-32(44)45-33(2,3)4/h7-16,21-23,27-28H,17-20H2,1-6H3,(H,36,41)(H,37,43)(H,38,44). The van der Waals surface area contributed by atoms with Gasteiger partial charge in [-0.3, -0.25) is 14.4 Å². The minimum Gasteiger partial charge on any atom is -0.444 e. The van der Waals surface area contributed by atoms with E-state index in [0.717, 1.165) is 18.4 Å². The van der Waals surface area contributed by atoms with E-state index in [1.54, 1.807) is 61.9 Å². The van der Waals surface area contributed by atoms with Gasteiger partial charge in [-0.05, 0) is 64.5 Å². The summed E-state index contributed by atoms with van der Waals surface area (Å²) in [5.41, 5.74) is -0.798. The molecule has 45 heavy (non-hydrogen) atoms. The second kappa shape index (κ2) is 14.0. The number of amides is 4. The number of alkyl carbamates (subject to hydrolysis) is 1. The molecule has 1 saturated heterocycles. The fourth-order valence-electron chi connectivity index (χ4n) is 5.09. The first-order valence-electron chi connectivity index (χ1n) is 15.3. The Labute approximate surface area is 264 Å². The number of piperidine rings is 1. The fourth-order valence-corrected chi connectivity index (χ4v) is 5.09. The van der Waals surface area contributed by atoms with Gasteiger partial charge in [0.1, 0.15) is 23.2 Å². The van der Waals surface area contributed by atoms with Crippen molar-refractivity contribution in [3.63, 3.8) is 0 Å². The Balaban J connectivity index is 1.54. The van der Waals surface area contributed by atoms with Gasteiger partial charge in [-0.2, -0.15) is 0 Å². The lowest BCUT2D eigenvalue weighted by atomic mass is 9.97. The first-order valence-corrected chi connectivity index (χ1v) is 15.3. The van der Waals surface area contributed by atoms with Crippen LogP contribution in [0.15, 0.2) is 73.2 Å². The van der Waals surface area contributed by atoms with Gasteiger partial charge in [0, 0.05) is 19.3 Å². The summed E-state index contributed by atoms with van der Waals surface area (Å²) in [6.07, 6.45) is 4.31. The van der Waals surface area contributed by atoms with E-state index in [9.17, 15) is 19.2 Å². The molecule has 4 rings (SSSR count). The Morgan fingerprint density at radius 1 is 0.889 bits per heavy atom. The van der Waals surface area contributed by atoms with E-state index in [4.69, 9.17) is 4.74 Å². The Hall–Kier alpha value is -4.67. The zero-order chi connectivity index (χ0) is 32.8. The molecular weight excluding hydrogens is 572 g/mol. The van der Waals surface area contributed by atoms with Crippen molar-refractivity contribution >= 4 is 29.6 Å². The third kappa shape index (κ3) is 8.93. The zero-order valence-electron chi connectivity index (χ0n) is 26.9. The van der Waals surface area contributed by atoms with Crippen LogP contribution in [0.5, 0.6) is 0 Å². The molecule has 0 radical (unpaired) electrons. The number of nitrogens with one attached hydrogen (secondary N) is 3. The van der Waals surface area contributed by atoms with Gasteiger partial charge in [0.15, 0.2) is 5.82 Å². The van der Waals surface area contributed by atoms with Crippen molar-refractivity contribution in [3.05, 3.63) is 84.3 Å². The highest BCUT2D eigenvalue weighted by Gasteiger charge is 2.35. The van der Waals surface area contributed by atoms with E-state index in [-0.39, 0.29) is 11.7 Å². The van der Waals surface area contributed by atoms with Crippen molar-refractivity contribution < 1.29 is 23.9 Å². The highest BCUT2D eigenvalue weighted by molar-refractivity contribution is 5.99. The minimum absolute atomic E-state index is 0.0301. The number of rotatable bonds is 9. The predicted molar refractivity (Wildman–Crippen MR) is 171 cm³/mol. The summed E-state index contributed by atoms with van der Waals surface area (Å²) in [4.78, 5) is 59.6. The van der Waals surface area contributed by atoms with E-state index in [2.05, 4.69) is 27.9 Å². The normalized spacial score (nSPS) is 15.5. The van der Waals surface area contributed by atoms with E-state index >= 15 is 0 Å². The summed E-state index contributed by atoms with van der Waals surface area (Å²) >= 11 is 0. The van der Waals surface area contributed by atoms with E-state index < -0.39 is 41.1 Å². The molecule has 11 nitrogen and oxygen atoms in total. The van der Waals surface area contributed by atoms with Crippen LogP contribution in [0.1, 0.15) is 77.6 Å². The molecule has 1 aromatic heterocycles. The topological polar surface area (TPSA) is 135 Å². The molecule has 2 aromatic carbocycles. The quantitative estimate of drug-likeness (QED) is 0.315. The lowest BCUT2D eigenvalue weighted by Crippen LogP contribution is -2.57. The summed E-state index contributed by atoms with van der Waals surface area (Å²) in [6.45, 7) is 11.8. The maximum Gasteiger partial charge on any atom is 0.408 e. The average Bonchev–Trinajstić information content (AvgIpc) is 3.43. The van der Waals surface area contributed by atoms with Crippen molar-refractivity contribution in [3.8, 4) is 0 Å². The highest BCUT2D eigenvalue weighted by Crippen LogP contribution is 2.26. The van der Waals surface area contributed by atoms with E-state index in [1.165, 1.54) is 20.2 Å². The molecular formula is C34H44N6O5.